The summed E-state index contributed by atoms with van der Waals surface area (Å²) in [6.07, 6.45) is 1.55. The summed E-state index contributed by atoms with van der Waals surface area (Å²) in [5.41, 5.74) is 3.12. The average Bonchev–Trinajstić information content (AvgIpc) is 2.63. The lowest BCUT2D eigenvalue weighted by Crippen LogP contribution is -2.26. The maximum absolute atomic E-state index is 12.7. The Morgan fingerprint density at radius 1 is 1.11 bits per heavy atom. The van der Waals surface area contributed by atoms with E-state index in [1.54, 1.807) is 12.1 Å². The molecular formula is C21H28N2O3S. The minimum Gasteiger partial charge on any atom is -0.321 e. The predicted molar refractivity (Wildman–Crippen MR) is 110 cm³/mol. The molecule has 0 heterocycles. The number of aryl methyl sites for hydroxylation is 2. The van der Waals surface area contributed by atoms with Gasteiger partial charge in [-0.2, -0.15) is 0 Å². The number of hydrogen-bond donors (Lipinski definition) is 2. The van der Waals surface area contributed by atoms with Crippen LogP contribution < -0.4 is 10.0 Å². The van der Waals surface area contributed by atoms with Crippen molar-refractivity contribution in [1.29, 1.82) is 0 Å². The number of amides is 1. The second kappa shape index (κ2) is 9.15. The molecule has 0 aromatic heterocycles. The molecule has 27 heavy (non-hydrogen) atoms. The van der Waals surface area contributed by atoms with Gasteiger partial charge in [0.2, 0.25) is 10.0 Å². The van der Waals surface area contributed by atoms with Crippen LogP contribution in [0.4, 0.5) is 5.69 Å². The smallest absolute Gasteiger partial charge is 0.255 e. The Hall–Kier alpha value is -2.18. The zero-order valence-corrected chi connectivity index (χ0v) is 17.2. The van der Waals surface area contributed by atoms with Crippen molar-refractivity contribution in [3.63, 3.8) is 0 Å². The molecular weight excluding hydrogens is 360 g/mol. The number of carbonyl (C=O) groups excluding carboxylic acids is 1. The first-order valence-corrected chi connectivity index (χ1v) is 10.7. The maximum atomic E-state index is 12.7. The highest BCUT2D eigenvalue weighted by Crippen LogP contribution is 2.22. The van der Waals surface area contributed by atoms with E-state index < -0.39 is 10.0 Å². The quantitative estimate of drug-likeness (QED) is 0.714. The van der Waals surface area contributed by atoms with Crippen molar-refractivity contribution in [2.45, 2.75) is 45.4 Å². The Morgan fingerprint density at radius 2 is 1.81 bits per heavy atom. The molecule has 2 aromatic carbocycles. The Bertz CT molecular complexity index is 905. The number of hydrogen-bond acceptors (Lipinski definition) is 3. The van der Waals surface area contributed by atoms with Gasteiger partial charge in [0.25, 0.3) is 5.91 Å². The number of para-hydroxylation sites is 1. The molecule has 0 fully saturated rings. The third-order valence-electron chi connectivity index (χ3n) is 4.40. The summed E-state index contributed by atoms with van der Waals surface area (Å²) in [7, 11) is -3.64. The number of nitrogens with one attached hydrogen (secondary N) is 2. The van der Waals surface area contributed by atoms with Crippen molar-refractivity contribution in [3.8, 4) is 0 Å². The number of carbonyl (C=O) groups is 1. The summed E-state index contributed by atoms with van der Waals surface area (Å²) in [4.78, 5) is 12.8. The van der Waals surface area contributed by atoms with Crippen LogP contribution in [0.5, 0.6) is 0 Å². The first kappa shape index (κ1) is 21.1. The number of benzene rings is 2. The molecule has 2 N–H and O–H groups in total. The Labute approximate surface area is 162 Å². The predicted octanol–water partition coefficient (Wildman–Crippen LogP) is 4.13. The molecule has 0 atom stereocenters. The van der Waals surface area contributed by atoms with Gasteiger partial charge >= 0.3 is 0 Å². The van der Waals surface area contributed by atoms with Gasteiger partial charge in [-0.3, -0.25) is 4.79 Å². The molecule has 0 saturated carbocycles. The highest BCUT2D eigenvalue weighted by atomic mass is 32.2. The summed E-state index contributed by atoms with van der Waals surface area (Å²) in [5, 5.41) is 2.93. The summed E-state index contributed by atoms with van der Waals surface area (Å²) in [5.74, 6) is 0.0879. The molecule has 5 nitrogen and oxygen atoms in total. The van der Waals surface area contributed by atoms with Gasteiger partial charge in [-0.25, -0.2) is 13.1 Å². The topological polar surface area (TPSA) is 75.3 Å². The second-order valence-electron chi connectivity index (χ2n) is 7.02. The van der Waals surface area contributed by atoms with Crippen LogP contribution in [0.15, 0.2) is 47.4 Å². The van der Waals surface area contributed by atoms with E-state index in [0.29, 0.717) is 18.0 Å². The molecule has 0 unspecified atom stereocenters. The largest absolute Gasteiger partial charge is 0.321 e. The van der Waals surface area contributed by atoms with E-state index in [1.807, 2.05) is 45.9 Å². The minimum absolute atomic E-state index is 0.0967. The maximum Gasteiger partial charge on any atom is 0.255 e. The molecule has 0 radical (unpaired) electrons. The number of rotatable bonds is 8. The molecule has 6 heteroatoms. The minimum atomic E-state index is -3.64. The summed E-state index contributed by atoms with van der Waals surface area (Å²) in [6, 6.07) is 12.0. The van der Waals surface area contributed by atoms with E-state index in [0.717, 1.165) is 29.7 Å². The van der Waals surface area contributed by atoms with Crippen molar-refractivity contribution in [2.24, 2.45) is 5.92 Å². The van der Waals surface area contributed by atoms with E-state index in [9.17, 15) is 13.2 Å². The SMILES string of the molecule is CCc1cccc(C)c1NC(=O)c1cccc(S(=O)(=O)NCCC(C)C)c1. The summed E-state index contributed by atoms with van der Waals surface area (Å²) < 4.78 is 27.5. The Kier molecular flexibility index (Phi) is 7.16. The zero-order valence-electron chi connectivity index (χ0n) is 16.4. The van der Waals surface area contributed by atoms with Crippen LogP contribution in [0.3, 0.4) is 0 Å². The normalized spacial score (nSPS) is 11.6. The molecule has 0 bridgehead atoms. The van der Waals surface area contributed by atoms with Crippen LogP contribution in [-0.2, 0) is 16.4 Å². The highest BCUT2D eigenvalue weighted by molar-refractivity contribution is 7.89. The third kappa shape index (κ3) is 5.65. The average molecular weight is 389 g/mol. The lowest BCUT2D eigenvalue weighted by molar-refractivity contribution is 0.102. The fourth-order valence-electron chi connectivity index (χ4n) is 2.76. The first-order chi connectivity index (χ1) is 12.7. The van der Waals surface area contributed by atoms with E-state index in [2.05, 4.69) is 10.0 Å². The van der Waals surface area contributed by atoms with Crippen LogP contribution in [0.2, 0.25) is 0 Å². The van der Waals surface area contributed by atoms with E-state index in [4.69, 9.17) is 0 Å². The molecule has 0 saturated heterocycles. The molecule has 0 aliphatic carbocycles. The van der Waals surface area contributed by atoms with Gasteiger partial charge in [-0.1, -0.05) is 45.0 Å². The number of sulfonamides is 1. The number of anilines is 1. The van der Waals surface area contributed by atoms with Crippen molar-refractivity contribution in [2.75, 3.05) is 11.9 Å². The summed E-state index contributed by atoms with van der Waals surface area (Å²) in [6.45, 7) is 8.42. The van der Waals surface area contributed by atoms with Gasteiger partial charge in [0.1, 0.15) is 0 Å². The van der Waals surface area contributed by atoms with Crippen LogP contribution in [0.1, 0.15) is 48.7 Å². The first-order valence-electron chi connectivity index (χ1n) is 9.24. The fraction of sp³-hybridized carbons (Fsp3) is 0.381. The van der Waals surface area contributed by atoms with E-state index in [-0.39, 0.29) is 10.8 Å². The van der Waals surface area contributed by atoms with Gasteiger partial charge < -0.3 is 5.32 Å². The monoisotopic (exact) mass is 388 g/mol. The van der Waals surface area contributed by atoms with Gasteiger partial charge in [-0.05, 0) is 55.0 Å². The van der Waals surface area contributed by atoms with Gasteiger partial charge in [0.15, 0.2) is 0 Å². The standard InChI is InChI=1S/C21H28N2O3S/c1-5-17-9-6-8-16(4)20(17)23-21(24)18-10-7-11-19(14-18)27(25,26)22-13-12-15(2)3/h6-11,14-15,22H,5,12-13H2,1-4H3,(H,23,24). The van der Waals surface area contributed by atoms with Crippen LogP contribution in [0, 0.1) is 12.8 Å². The van der Waals surface area contributed by atoms with E-state index >= 15 is 0 Å². The lowest BCUT2D eigenvalue weighted by Gasteiger charge is -2.14. The molecule has 146 valence electrons. The molecule has 0 aliphatic rings. The molecule has 1 amide bonds. The van der Waals surface area contributed by atoms with E-state index in [1.165, 1.54) is 12.1 Å². The van der Waals surface area contributed by atoms with Crippen molar-refractivity contribution in [1.82, 2.24) is 4.72 Å². The lowest BCUT2D eigenvalue weighted by atomic mass is 10.1. The Balaban J connectivity index is 2.21. The fourth-order valence-corrected chi connectivity index (χ4v) is 3.85. The molecule has 0 spiro atoms. The van der Waals surface area contributed by atoms with Crippen molar-refractivity contribution >= 4 is 21.6 Å². The van der Waals surface area contributed by atoms with Crippen molar-refractivity contribution < 1.29 is 13.2 Å². The summed E-state index contributed by atoms with van der Waals surface area (Å²) >= 11 is 0. The van der Waals surface area contributed by atoms with Crippen molar-refractivity contribution in [3.05, 3.63) is 59.2 Å². The van der Waals surface area contributed by atoms with Gasteiger partial charge in [0.05, 0.1) is 4.90 Å². The molecule has 2 aromatic rings. The second-order valence-corrected chi connectivity index (χ2v) is 8.79. The van der Waals surface area contributed by atoms with Crippen LogP contribution in [0.25, 0.3) is 0 Å². The third-order valence-corrected chi connectivity index (χ3v) is 5.86. The Morgan fingerprint density at radius 3 is 2.48 bits per heavy atom. The highest BCUT2D eigenvalue weighted by Gasteiger charge is 2.17. The van der Waals surface area contributed by atoms with Gasteiger partial charge in [-0.15, -0.1) is 0 Å². The van der Waals surface area contributed by atoms with Crippen LogP contribution in [-0.4, -0.2) is 20.9 Å². The zero-order chi connectivity index (χ0) is 20.0. The molecule has 2 rings (SSSR count). The van der Waals surface area contributed by atoms with Crippen LogP contribution >= 0.6 is 0 Å². The molecule has 0 aliphatic heterocycles. The van der Waals surface area contributed by atoms with Gasteiger partial charge in [0, 0.05) is 17.8 Å².